The second kappa shape index (κ2) is 11.0. The first-order valence-electron chi connectivity index (χ1n) is 12.2. The average molecular weight is 483 g/mol. The molecule has 0 fully saturated rings. The van der Waals surface area contributed by atoms with Gasteiger partial charge in [-0.25, -0.2) is 0 Å². The molecule has 0 aromatic heterocycles. The molecule has 4 rings (SSSR count). The Morgan fingerprint density at radius 1 is 0.412 bits per heavy atom. The van der Waals surface area contributed by atoms with Crippen molar-refractivity contribution in [2.75, 3.05) is 0 Å². The van der Waals surface area contributed by atoms with Crippen LogP contribution in [0.4, 0.5) is 0 Å². The number of hydrogen-bond acceptors (Lipinski definition) is 0. The maximum atomic E-state index is 2.51. The molecule has 174 valence electrons. The average Bonchev–Trinajstić information content (AvgIpc) is 2.79. The fraction of sp³-hybridized carbons (Fsp3) is 0.250. The maximum Gasteiger partial charge on any atom is -0.00861 e. The van der Waals surface area contributed by atoms with Gasteiger partial charge >= 0.3 is 0 Å². The predicted octanol–water partition coefficient (Wildman–Crippen LogP) is 7.26. The van der Waals surface area contributed by atoms with Gasteiger partial charge in [-0.05, 0) is 76.1 Å². The molecule has 0 saturated heterocycles. The van der Waals surface area contributed by atoms with Gasteiger partial charge in [0.05, 0.1) is 0 Å². The highest BCUT2D eigenvalue weighted by atomic mass is 31.1. The summed E-state index contributed by atoms with van der Waals surface area (Å²) in [5.74, 6) is 0. The molecule has 4 aromatic carbocycles. The number of aryl methyl sites for hydroxylation is 4. The van der Waals surface area contributed by atoms with Crippen molar-refractivity contribution < 1.29 is 0 Å². The maximum absolute atomic E-state index is 2.51. The Balaban J connectivity index is 1.84. The third kappa shape index (κ3) is 5.68. The Bertz CT molecular complexity index is 1100. The molecule has 4 aromatic rings. The van der Waals surface area contributed by atoms with E-state index in [0.717, 1.165) is 0 Å². The standard InChI is InChI=1S/C32H36P2/c1-23-17-24(2)20-31(19-23)34(32-21-25(3)18-26(4)22-32)28(6)27(5)33(29-13-9-7-10-14-29)30-15-11-8-12-16-30/h7-22,27-28H,1-6H3/t27-,28-/m0/s1. The third-order valence-electron chi connectivity index (χ3n) is 6.55. The van der Waals surface area contributed by atoms with Gasteiger partial charge in [0.1, 0.15) is 0 Å². The van der Waals surface area contributed by atoms with E-state index in [4.69, 9.17) is 0 Å². The molecule has 0 aliphatic carbocycles. The Kier molecular flexibility index (Phi) is 8.03. The SMILES string of the molecule is Cc1cc(C)cc(P(c2cc(C)cc(C)c2)[C@@H](C)[C@H](C)P(c2ccccc2)c2ccccc2)c1. The Morgan fingerprint density at radius 3 is 1.03 bits per heavy atom. The summed E-state index contributed by atoms with van der Waals surface area (Å²) in [4.78, 5) is 0. The first-order valence-corrected chi connectivity index (χ1v) is 15.0. The van der Waals surface area contributed by atoms with Crippen LogP contribution in [0.15, 0.2) is 97.1 Å². The zero-order chi connectivity index (χ0) is 24.2. The topological polar surface area (TPSA) is 0 Å². The largest absolute Gasteiger partial charge is 0.0622 e. The fourth-order valence-corrected chi connectivity index (χ4v) is 11.5. The summed E-state index contributed by atoms with van der Waals surface area (Å²) in [6.07, 6.45) is 0. The van der Waals surface area contributed by atoms with Crippen LogP contribution in [0.5, 0.6) is 0 Å². The third-order valence-corrected chi connectivity index (χ3v) is 12.6. The number of hydrogen-bond donors (Lipinski definition) is 0. The summed E-state index contributed by atoms with van der Waals surface area (Å²) >= 11 is 0. The molecule has 0 aliphatic rings. The highest BCUT2D eigenvalue weighted by Crippen LogP contribution is 2.51. The molecule has 0 nitrogen and oxygen atoms in total. The fourth-order valence-electron chi connectivity index (χ4n) is 5.03. The lowest BCUT2D eigenvalue weighted by Crippen LogP contribution is -2.32. The van der Waals surface area contributed by atoms with E-state index in [-0.39, 0.29) is 0 Å². The van der Waals surface area contributed by atoms with Crippen molar-refractivity contribution in [2.45, 2.75) is 52.9 Å². The van der Waals surface area contributed by atoms with Gasteiger partial charge in [-0.3, -0.25) is 0 Å². The summed E-state index contributed by atoms with van der Waals surface area (Å²) in [6.45, 7) is 14.0. The minimum atomic E-state index is -0.513. The van der Waals surface area contributed by atoms with Crippen LogP contribution in [0.25, 0.3) is 0 Å². The summed E-state index contributed by atoms with van der Waals surface area (Å²) in [7, 11) is -0.992. The number of rotatable bonds is 7. The van der Waals surface area contributed by atoms with Crippen molar-refractivity contribution in [3.05, 3.63) is 119 Å². The molecule has 0 amide bonds. The van der Waals surface area contributed by atoms with Crippen molar-refractivity contribution in [3.8, 4) is 0 Å². The molecule has 2 heteroatoms. The van der Waals surface area contributed by atoms with Crippen LogP contribution >= 0.6 is 15.8 Å². The van der Waals surface area contributed by atoms with E-state index < -0.39 is 15.8 Å². The van der Waals surface area contributed by atoms with Crippen molar-refractivity contribution in [3.63, 3.8) is 0 Å². The van der Waals surface area contributed by atoms with Crippen molar-refractivity contribution >= 4 is 37.1 Å². The van der Waals surface area contributed by atoms with Crippen LogP contribution in [0.3, 0.4) is 0 Å². The van der Waals surface area contributed by atoms with Crippen LogP contribution in [-0.2, 0) is 0 Å². The minimum Gasteiger partial charge on any atom is -0.0622 e. The summed E-state index contributed by atoms with van der Waals surface area (Å²) in [6, 6.07) is 36.7. The van der Waals surface area contributed by atoms with Crippen molar-refractivity contribution in [1.29, 1.82) is 0 Å². The molecule has 0 radical (unpaired) electrons. The normalized spacial score (nSPS) is 13.3. The lowest BCUT2D eigenvalue weighted by molar-refractivity contribution is 0.912. The molecule has 34 heavy (non-hydrogen) atoms. The molecular formula is C32H36P2. The van der Waals surface area contributed by atoms with E-state index in [9.17, 15) is 0 Å². The highest BCUT2D eigenvalue weighted by molar-refractivity contribution is 7.77. The second-order valence-electron chi connectivity index (χ2n) is 9.58. The van der Waals surface area contributed by atoms with Crippen LogP contribution in [0.1, 0.15) is 36.1 Å². The van der Waals surface area contributed by atoms with Crippen molar-refractivity contribution in [1.82, 2.24) is 0 Å². The van der Waals surface area contributed by atoms with E-state index in [1.807, 2.05) is 0 Å². The minimum absolute atomic E-state index is 0.479. The van der Waals surface area contributed by atoms with E-state index >= 15 is 0 Å². The van der Waals surface area contributed by atoms with Gasteiger partial charge in [-0.2, -0.15) is 0 Å². The lowest BCUT2D eigenvalue weighted by Gasteiger charge is -2.36. The molecule has 0 aliphatic heterocycles. The van der Waals surface area contributed by atoms with Crippen LogP contribution in [0.2, 0.25) is 0 Å². The molecule has 0 heterocycles. The molecule has 2 atom stereocenters. The Morgan fingerprint density at radius 2 is 0.706 bits per heavy atom. The summed E-state index contributed by atoms with van der Waals surface area (Å²) < 4.78 is 0. The predicted molar refractivity (Wildman–Crippen MR) is 156 cm³/mol. The summed E-state index contributed by atoms with van der Waals surface area (Å²) in [5.41, 5.74) is 6.51. The molecule has 0 N–H and O–H groups in total. The second-order valence-corrected chi connectivity index (χ2v) is 14.8. The molecule has 0 unspecified atom stereocenters. The summed E-state index contributed by atoms with van der Waals surface area (Å²) in [5, 5.41) is 5.96. The zero-order valence-electron chi connectivity index (χ0n) is 21.3. The number of benzene rings is 4. The van der Waals surface area contributed by atoms with E-state index in [1.165, 1.54) is 43.5 Å². The van der Waals surface area contributed by atoms with Gasteiger partial charge in [0.15, 0.2) is 0 Å². The molecular weight excluding hydrogens is 446 g/mol. The first-order chi connectivity index (χ1) is 16.3. The smallest absolute Gasteiger partial charge is 0.00861 e. The van der Waals surface area contributed by atoms with Crippen LogP contribution < -0.4 is 21.2 Å². The van der Waals surface area contributed by atoms with Gasteiger partial charge in [0.25, 0.3) is 0 Å². The van der Waals surface area contributed by atoms with Gasteiger partial charge in [-0.15, -0.1) is 0 Å². The monoisotopic (exact) mass is 482 g/mol. The highest BCUT2D eigenvalue weighted by Gasteiger charge is 2.32. The molecule has 0 spiro atoms. The zero-order valence-corrected chi connectivity index (χ0v) is 23.1. The van der Waals surface area contributed by atoms with E-state index in [2.05, 4.69) is 139 Å². The van der Waals surface area contributed by atoms with E-state index in [0.29, 0.717) is 11.3 Å². The molecule has 0 saturated carbocycles. The van der Waals surface area contributed by atoms with E-state index in [1.54, 1.807) is 0 Å². The van der Waals surface area contributed by atoms with Gasteiger partial charge in [0.2, 0.25) is 0 Å². The lowest BCUT2D eigenvalue weighted by atomic mass is 10.2. The van der Waals surface area contributed by atoms with Crippen molar-refractivity contribution in [2.24, 2.45) is 0 Å². The van der Waals surface area contributed by atoms with Gasteiger partial charge < -0.3 is 0 Å². The quantitative estimate of drug-likeness (QED) is 0.243. The van der Waals surface area contributed by atoms with Gasteiger partial charge in [0, 0.05) is 0 Å². The molecule has 0 bridgehead atoms. The first kappa shape index (κ1) is 24.9. The van der Waals surface area contributed by atoms with Crippen LogP contribution in [0, 0.1) is 27.7 Å². The Labute approximate surface area is 209 Å². The van der Waals surface area contributed by atoms with Crippen LogP contribution in [-0.4, -0.2) is 11.3 Å². The Hall–Kier alpha value is -2.26. The van der Waals surface area contributed by atoms with Gasteiger partial charge in [-0.1, -0.05) is 133 Å².